The summed E-state index contributed by atoms with van der Waals surface area (Å²) in [6.07, 6.45) is 7.42. The SMILES string of the molecule is CNCCCC1CCN(c2ccc3cc(C(=O)Nc4cn5cc(C)nc5cc4OC)sc3n2)C1. The van der Waals surface area contributed by atoms with Crippen molar-refractivity contribution in [1.82, 2.24) is 19.7 Å². The van der Waals surface area contributed by atoms with E-state index in [2.05, 4.69) is 32.7 Å². The Labute approximate surface area is 203 Å². The molecule has 2 N–H and O–H groups in total. The van der Waals surface area contributed by atoms with Crippen molar-refractivity contribution in [3.05, 3.63) is 47.2 Å². The molecule has 0 spiro atoms. The van der Waals surface area contributed by atoms with E-state index in [0.29, 0.717) is 16.3 Å². The van der Waals surface area contributed by atoms with Crippen LogP contribution in [0.15, 0.2) is 36.7 Å². The number of imidazole rings is 1. The molecular formula is C25H30N6O2S. The molecule has 0 radical (unpaired) electrons. The van der Waals surface area contributed by atoms with Gasteiger partial charge in [0, 0.05) is 36.9 Å². The first-order valence-electron chi connectivity index (χ1n) is 11.7. The molecule has 0 aromatic carbocycles. The topological polar surface area (TPSA) is 83.8 Å². The van der Waals surface area contributed by atoms with E-state index in [1.807, 2.05) is 42.9 Å². The standard InChI is InChI=1S/C25H30N6O2S/c1-16-13-31-15-19(20(33-3)12-23(31)27-16)28-24(32)21-11-18-6-7-22(29-25(18)34-21)30-10-8-17(14-30)5-4-9-26-2/h6-7,11-13,15,17,26H,4-5,8-10,14H2,1-3H3,(H,28,32). The number of pyridine rings is 2. The fourth-order valence-corrected chi connectivity index (χ4v) is 5.55. The van der Waals surface area contributed by atoms with Gasteiger partial charge < -0.3 is 24.7 Å². The number of nitrogens with one attached hydrogen (secondary N) is 2. The number of hydrogen-bond acceptors (Lipinski definition) is 7. The highest BCUT2D eigenvalue weighted by molar-refractivity contribution is 7.20. The number of methoxy groups -OCH3 is 1. The molecule has 4 aromatic rings. The van der Waals surface area contributed by atoms with E-state index in [9.17, 15) is 4.79 Å². The lowest BCUT2D eigenvalue weighted by Gasteiger charge is -2.17. The molecule has 1 unspecified atom stereocenters. The van der Waals surface area contributed by atoms with E-state index in [1.165, 1.54) is 30.6 Å². The lowest BCUT2D eigenvalue weighted by Crippen LogP contribution is -2.21. The maximum absolute atomic E-state index is 13.1. The molecule has 8 nitrogen and oxygen atoms in total. The van der Waals surface area contributed by atoms with Crippen LogP contribution in [0.4, 0.5) is 11.5 Å². The van der Waals surface area contributed by atoms with E-state index < -0.39 is 0 Å². The smallest absolute Gasteiger partial charge is 0.265 e. The van der Waals surface area contributed by atoms with Crippen LogP contribution in [0.5, 0.6) is 5.75 Å². The molecular weight excluding hydrogens is 448 g/mol. The largest absolute Gasteiger partial charge is 0.494 e. The molecule has 5 heterocycles. The van der Waals surface area contributed by atoms with Gasteiger partial charge in [-0.05, 0) is 63.9 Å². The van der Waals surface area contributed by atoms with Crippen molar-refractivity contribution in [2.24, 2.45) is 5.92 Å². The summed E-state index contributed by atoms with van der Waals surface area (Å²) in [6.45, 7) is 5.10. The Hall–Kier alpha value is -3.17. The average molecular weight is 479 g/mol. The van der Waals surface area contributed by atoms with Gasteiger partial charge in [-0.25, -0.2) is 9.97 Å². The van der Waals surface area contributed by atoms with Crippen LogP contribution in [-0.4, -0.2) is 54.1 Å². The molecule has 9 heteroatoms. The number of fused-ring (bicyclic) bond motifs is 2. The average Bonchev–Trinajstić information content (AvgIpc) is 3.55. The first-order chi connectivity index (χ1) is 16.5. The molecule has 0 aliphatic carbocycles. The number of carbonyl (C=O) groups is 1. The second-order valence-corrected chi connectivity index (χ2v) is 9.91. The second kappa shape index (κ2) is 9.60. The molecule has 1 atom stereocenters. The second-order valence-electron chi connectivity index (χ2n) is 8.88. The van der Waals surface area contributed by atoms with Gasteiger partial charge in [-0.3, -0.25) is 4.79 Å². The maximum Gasteiger partial charge on any atom is 0.265 e. The third-order valence-corrected chi connectivity index (χ3v) is 7.43. The summed E-state index contributed by atoms with van der Waals surface area (Å²) in [5.74, 6) is 2.12. The van der Waals surface area contributed by atoms with Gasteiger partial charge in [-0.1, -0.05) is 0 Å². The maximum atomic E-state index is 13.1. The van der Waals surface area contributed by atoms with Crippen LogP contribution in [0.3, 0.4) is 0 Å². The van der Waals surface area contributed by atoms with E-state index in [-0.39, 0.29) is 5.91 Å². The van der Waals surface area contributed by atoms with Crippen molar-refractivity contribution in [1.29, 1.82) is 0 Å². The van der Waals surface area contributed by atoms with Crippen LogP contribution in [0.2, 0.25) is 0 Å². The van der Waals surface area contributed by atoms with Crippen molar-refractivity contribution in [3.63, 3.8) is 0 Å². The molecule has 4 aromatic heterocycles. The number of amides is 1. The zero-order chi connectivity index (χ0) is 23.7. The highest BCUT2D eigenvalue weighted by atomic mass is 32.1. The highest BCUT2D eigenvalue weighted by Crippen LogP contribution is 2.32. The third-order valence-electron chi connectivity index (χ3n) is 6.38. The van der Waals surface area contributed by atoms with E-state index in [0.717, 1.165) is 52.9 Å². The molecule has 5 rings (SSSR count). The van der Waals surface area contributed by atoms with Gasteiger partial charge >= 0.3 is 0 Å². The van der Waals surface area contributed by atoms with Crippen LogP contribution in [0.25, 0.3) is 15.9 Å². The number of anilines is 2. The first kappa shape index (κ1) is 22.6. The predicted octanol–water partition coefficient (Wildman–Crippen LogP) is 4.34. The highest BCUT2D eigenvalue weighted by Gasteiger charge is 2.23. The number of nitrogens with zero attached hydrogens (tertiary/aromatic N) is 4. The van der Waals surface area contributed by atoms with Crippen LogP contribution < -0.4 is 20.3 Å². The quantitative estimate of drug-likeness (QED) is 0.367. The van der Waals surface area contributed by atoms with Crippen molar-refractivity contribution in [2.75, 3.05) is 44.0 Å². The Balaban J connectivity index is 1.32. The Morgan fingerprint density at radius 3 is 2.97 bits per heavy atom. The van der Waals surface area contributed by atoms with E-state index >= 15 is 0 Å². The molecule has 1 saturated heterocycles. The number of hydrogen-bond donors (Lipinski definition) is 2. The number of aromatic nitrogens is 3. The van der Waals surface area contributed by atoms with Gasteiger partial charge in [0.15, 0.2) is 0 Å². The summed E-state index contributed by atoms with van der Waals surface area (Å²) < 4.78 is 7.37. The van der Waals surface area contributed by atoms with Crippen molar-refractivity contribution in [3.8, 4) is 5.75 Å². The molecule has 34 heavy (non-hydrogen) atoms. The van der Waals surface area contributed by atoms with Crippen LogP contribution in [0.1, 0.15) is 34.6 Å². The molecule has 1 fully saturated rings. The summed E-state index contributed by atoms with van der Waals surface area (Å²) >= 11 is 1.42. The van der Waals surface area contributed by atoms with E-state index in [1.54, 1.807) is 7.11 Å². The first-order valence-corrected chi connectivity index (χ1v) is 12.5. The molecule has 1 amide bonds. The minimum absolute atomic E-state index is 0.176. The number of rotatable bonds is 8. The third kappa shape index (κ3) is 4.58. The minimum atomic E-state index is -0.176. The normalized spacial score (nSPS) is 16.0. The van der Waals surface area contributed by atoms with Gasteiger partial charge in [0.05, 0.1) is 17.7 Å². The molecule has 0 bridgehead atoms. The van der Waals surface area contributed by atoms with Gasteiger partial charge in [0.2, 0.25) is 0 Å². The van der Waals surface area contributed by atoms with Gasteiger partial charge in [0.25, 0.3) is 5.91 Å². The summed E-state index contributed by atoms with van der Waals surface area (Å²) in [6, 6.07) is 7.87. The van der Waals surface area contributed by atoms with Crippen molar-refractivity contribution in [2.45, 2.75) is 26.2 Å². The molecule has 0 saturated carbocycles. The zero-order valence-corrected chi connectivity index (χ0v) is 20.6. The van der Waals surface area contributed by atoms with Gasteiger partial charge in [-0.15, -0.1) is 11.3 Å². The predicted molar refractivity (Wildman–Crippen MR) is 138 cm³/mol. The number of ether oxygens (including phenoxy) is 1. The van der Waals surface area contributed by atoms with Crippen LogP contribution in [0, 0.1) is 12.8 Å². The number of thiophene rings is 1. The lowest BCUT2D eigenvalue weighted by atomic mass is 10.0. The van der Waals surface area contributed by atoms with Crippen molar-refractivity contribution < 1.29 is 9.53 Å². The fraction of sp³-hybridized carbons (Fsp3) is 0.400. The Kier molecular flexibility index (Phi) is 6.38. The van der Waals surface area contributed by atoms with Gasteiger partial charge in [0.1, 0.15) is 27.7 Å². The zero-order valence-electron chi connectivity index (χ0n) is 19.8. The van der Waals surface area contributed by atoms with Gasteiger partial charge in [-0.2, -0.15) is 0 Å². The monoisotopic (exact) mass is 478 g/mol. The number of aryl methyl sites for hydroxylation is 1. The van der Waals surface area contributed by atoms with E-state index in [4.69, 9.17) is 9.72 Å². The summed E-state index contributed by atoms with van der Waals surface area (Å²) in [4.78, 5) is 26.3. The summed E-state index contributed by atoms with van der Waals surface area (Å²) in [5.41, 5.74) is 2.28. The Morgan fingerprint density at radius 2 is 2.15 bits per heavy atom. The lowest BCUT2D eigenvalue weighted by molar-refractivity contribution is 0.103. The summed E-state index contributed by atoms with van der Waals surface area (Å²) in [5, 5.41) is 7.21. The van der Waals surface area contributed by atoms with Crippen molar-refractivity contribution >= 4 is 44.6 Å². The minimum Gasteiger partial charge on any atom is -0.494 e. The fourth-order valence-electron chi connectivity index (χ4n) is 4.63. The molecule has 1 aliphatic rings. The molecule has 1 aliphatic heterocycles. The Morgan fingerprint density at radius 1 is 1.26 bits per heavy atom. The summed E-state index contributed by atoms with van der Waals surface area (Å²) in [7, 11) is 3.59. The van der Waals surface area contributed by atoms with Crippen LogP contribution >= 0.6 is 11.3 Å². The van der Waals surface area contributed by atoms with Crippen LogP contribution in [-0.2, 0) is 0 Å². The number of carbonyl (C=O) groups excluding carboxylic acids is 1. The Bertz CT molecular complexity index is 1330. The molecule has 178 valence electrons.